The van der Waals surface area contributed by atoms with Gasteiger partial charge in [-0.05, 0) is 11.0 Å². The first kappa shape index (κ1) is 12.0. The summed E-state index contributed by atoms with van der Waals surface area (Å²) in [5, 5.41) is 4.50. The van der Waals surface area contributed by atoms with Crippen molar-refractivity contribution in [2.75, 3.05) is 0 Å². The molecule has 0 radical (unpaired) electrons. The van der Waals surface area contributed by atoms with E-state index in [2.05, 4.69) is 56.6 Å². The minimum atomic E-state index is -0.0460. The van der Waals surface area contributed by atoms with E-state index in [-0.39, 0.29) is 10.8 Å². The van der Waals surface area contributed by atoms with Crippen molar-refractivity contribution in [2.24, 2.45) is 0 Å². The molecule has 0 aliphatic rings. The summed E-state index contributed by atoms with van der Waals surface area (Å²) in [6.07, 6.45) is 3.90. The first-order valence-electron chi connectivity index (χ1n) is 5.91. The third kappa shape index (κ3) is 2.30. The van der Waals surface area contributed by atoms with Crippen molar-refractivity contribution in [3.8, 4) is 0 Å². The normalized spacial score (nSPS) is 13.3. The van der Waals surface area contributed by atoms with Gasteiger partial charge in [-0.2, -0.15) is 4.98 Å². The Kier molecular flexibility index (Phi) is 2.49. The molecule has 0 aliphatic heterocycles. The summed E-state index contributed by atoms with van der Waals surface area (Å²) in [6, 6.07) is 0. The molecular formula is C13H20N4. The average molecular weight is 232 g/mol. The SMILES string of the molecule is CC(C)(C)c1cnc2nc(C(C)(C)C)nn2c1. The molecule has 2 aromatic heterocycles. The van der Waals surface area contributed by atoms with E-state index in [1.807, 2.05) is 12.4 Å². The lowest BCUT2D eigenvalue weighted by molar-refractivity contribution is 0.544. The van der Waals surface area contributed by atoms with Crippen LogP contribution in [0.3, 0.4) is 0 Å². The van der Waals surface area contributed by atoms with Crippen molar-refractivity contribution in [1.82, 2.24) is 19.6 Å². The highest BCUT2D eigenvalue weighted by Crippen LogP contribution is 2.22. The van der Waals surface area contributed by atoms with E-state index in [1.54, 1.807) is 4.52 Å². The fourth-order valence-corrected chi connectivity index (χ4v) is 1.49. The zero-order chi connectivity index (χ0) is 12.8. The first-order valence-corrected chi connectivity index (χ1v) is 5.91. The fourth-order valence-electron chi connectivity index (χ4n) is 1.49. The maximum atomic E-state index is 4.50. The number of rotatable bonds is 0. The number of aromatic nitrogens is 4. The Labute approximate surface area is 102 Å². The number of nitrogens with zero attached hydrogens (tertiary/aromatic N) is 4. The molecule has 2 rings (SSSR count). The fraction of sp³-hybridized carbons (Fsp3) is 0.615. The molecule has 0 amide bonds. The molecule has 0 aliphatic carbocycles. The van der Waals surface area contributed by atoms with Crippen LogP contribution < -0.4 is 0 Å². The zero-order valence-corrected chi connectivity index (χ0v) is 11.4. The van der Waals surface area contributed by atoms with Gasteiger partial charge in [0.1, 0.15) is 0 Å². The van der Waals surface area contributed by atoms with Crippen molar-refractivity contribution in [3.05, 3.63) is 23.8 Å². The number of hydrogen-bond donors (Lipinski definition) is 0. The van der Waals surface area contributed by atoms with Crippen LogP contribution in [0.5, 0.6) is 0 Å². The second-order valence-electron chi connectivity index (χ2n) is 6.52. The number of fused-ring (bicyclic) bond motifs is 1. The zero-order valence-electron chi connectivity index (χ0n) is 11.4. The van der Waals surface area contributed by atoms with Gasteiger partial charge >= 0.3 is 0 Å². The highest BCUT2D eigenvalue weighted by molar-refractivity contribution is 5.31. The van der Waals surface area contributed by atoms with Crippen molar-refractivity contribution in [2.45, 2.75) is 52.4 Å². The third-order valence-electron chi connectivity index (χ3n) is 2.73. The van der Waals surface area contributed by atoms with Crippen LogP contribution in [0.4, 0.5) is 0 Å². The van der Waals surface area contributed by atoms with Gasteiger partial charge in [-0.25, -0.2) is 9.50 Å². The Morgan fingerprint density at radius 1 is 1.00 bits per heavy atom. The smallest absolute Gasteiger partial charge is 0.219 e. The quantitative estimate of drug-likeness (QED) is 0.701. The average Bonchev–Trinajstić information content (AvgIpc) is 2.57. The number of hydrogen-bond acceptors (Lipinski definition) is 3. The highest BCUT2D eigenvalue weighted by Gasteiger charge is 2.21. The highest BCUT2D eigenvalue weighted by atomic mass is 15.3. The summed E-state index contributed by atoms with van der Waals surface area (Å²) in [4.78, 5) is 8.82. The molecule has 0 atom stereocenters. The largest absolute Gasteiger partial charge is 0.252 e. The maximum absolute atomic E-state index is 4.50. The Balaban J connectivity index is 2.56. The molecular weight excluding hydrogens is 212 g/mol. The Morgan fingerprint density at radius 2 is 1.65 bits per heavy atom. The van der Waals surface area contributed by atoms with Crippen LogP contribution in [-0.2, 0) is 10.8 Å². The van der Waals surface area contributed by atoms with Gasteiger partial charge in [0.15, 0.2) is 5.82 Å². The predicted molar refractivity (Wildman–Crippen MR) is 68.2 cm³/mol. The van der Waals surface area contributed by atoms with Crippen LogP contribution in [0.25, 0.3) is 5.78 Å². The third-order valence-corrected chi connectivity index (χ3v) is 2.73. The monoisotopic (exact) mass is 232 g/mol. The molecule has 0 spiro atoms. The van der Waals surface area contributed by atoms with Crippen LogP contribution in [0.1, 0.15) is 52.9 Å². The van der Waals surface area contributed by atoms with Gasteiger partial charge < -0.3 is 0 Å². The Hall–Kier alpha value is -1.45. The van der Waals surface area contributed by atoms with Gasteiger partial charge in [0.05, 0.1) is 0 Å². The second-order valence-corrected chi connectivity index (χ2v) is 6.52. The van der Waals surface area contributed by atoms with Crippen LogP contribution >= 0.6 is 0 Å². The molecule has 0 bridgehead atoms. The summed E-state index contributed by atoms with van der Waals surface area (Å²) < 4.78 is 1.78. The molecule has 92 valence electrons. The molecule has 2 heterocycles. The summed E-state index contributed by atoms with van der Waals surface area (Å²) in [5.74, 6) is 1.50. The lowest BCUT2D eigenvalue weighted by atomic mass is 9.89. The second kappa shape index (κ2) is 3.52. The molecule has 0 aromatic carbocycles. The van der Waals surface area contributed by atoms with E-state index in [0.29, 0.717) is 5.78 Å². The van der Waals surface area contributed by atoms with Crippen molar-refractivity contribution in [1.29, 1.82) is 0 Å². The summed E-state index contributed by atoms with van der Waals surface area (Å²) in [5.41, 5.74) is 1.19. The van der Waals surface area contributed by atoms with Gasteiger partial charge in [-0.15, -0.1) is 5.10 Å². The van der Waals surface area contributed by atoms with Crippen LogP contribution in [0.2, 0.25) is 0 Å². The van der Waals surface area contributed by atoms with Gasteiger partial charge in [0.25, 0.3) is 5.78 Å². The molecule has 17 heavy (non-hydrogen) atoms. The predicted octanol–water partition coefficient (Wildman–Crippen LogP) is 2.72. The molecule has 0 saturated carbocycles. The first-order chi connectivity index (χ1) is 7.68. The Morgan fingerprint density at radius 3 is 2.18 bits per heavy atom. The van der Waals surface area contributed by atoms with Crippen molar-refractivity contribution >= 4 is 5.78 Å². The molecule has 4 heteroatoms. The van der Waals surface area contributed by atoms with Crippen molar-refractivity contribution < 1.29 is 0 Å². The maximum Gasteiger partial charge on any atom is 0.252 e. The van der Waals surface area contributed by atoms with E-state index < -0.39 is 0 Å². The van der Waals surface area contributed by atoms with Crippen LogP contribution in [0.15, 0.2) is 12.4 Å². The molecule has 0 N–H and O–H groups in total. The van der Waals surface area contributed by atoms with Gasteiger partial charge in [-0.1, -0.05) is 41.5 Å². The minimum Gasteiger partial charge on any atom is -0.219 e. The molecule has 2 aromatic rings. The van der Waals surface area contributed by atoms with E-state index in [4.69, 9.17) is 0 Å². The molecule has 0 unspecified atom stereocenters. The minimum absolute atomic E-state index is 0.0460. The molecule has 0 fully saturated rings. The van der Waals surface area contributed by atoms with Gasteiger partial charge in [0, 0.05) is 17.8 Å². The molecule has 0 saturated heterocycles. The van der Waals surface area contributed by atoms with Gasteiger partial charge in [-0.3, -0.25) is 0 Å². The summed E-state index contributed by atoms with van der Waals surface area (Å²) >= 11 is 0. The van der Waals surface area contributed by atoms with E-state index >= 15 is 0 Å². The van der Waals surface area contributed by atoms with Gasteiger partial charge in [0.2, 0.25) is 0 Å². The Bertz CT molecular complexity index is 529. The van der Waals surface area contributed by atoms with E-state index in [1.165, 1.54) is 0 Å². The standard InChI is InChI=1S/C13H20N4/c1-12(2,3)9-7-14-11-15-10(13(4,5)6)16-17(11)8-9/h7-8H,1-6H3. The van der Waals surface area contributed by atoms with Crippen LogP contribution in [0, 0.1) is 0 Å². The molecule has 4 nitrogen and oxygen atoms in total. The van der Waals surface area contributed by atoms with Crippen LogP contribution in [-0.4, -0.2) is 19.6 Å². The lowest BCUT2D eigenvalue weighted by Gasteiger charge is -2.17. The van der Waals surface area contributed by atoms with E-state index in [0.717, 1.165) is 11.4 Å². The lowest BCUT2D eigenvalue weighted by Crippen LogP contribution is -2.14. The van der Waals surface area contributed by atoms with E-state index in [9.17, 15) is 0 Å². The topological polar surface area (TPSA) is 43.1 Å². The van der Waals surface area contributed by atoms with Crippen molar-refractivity contribution in [3.63, 3.8) is 0 Å². The summed E-state index contributed by atoms with van der Waals surface area (Å²) in [7, 11) is 0. The summed E-state index contributed by atoms with van der Waals surface area (Å²) in [6.45, 7) is 12.8.